The largest absolute Gasteiger partial charge is 0.497 e. The van der Waals surface area contributed by atoms with Gasteiger partial charge >= 0.3 is 0 Å². The Kier molecular flexibility index (Phi) is 5.13. The number of nitrogens with zero attached hydrogens (tertiary/aromatic N) is 1. The summed E-state index contributed by atoms with van der Waals surface area (Å²) in [7, 11) is -1.97. The number of carbonyl (C=O) groups is 1. The molecule has 4 rings (SSSR count). The average molecular weight is 432 g/mol. The van der Waals surface area contributed by atoms with Crippen LogP contribution in [0.25, 0.3) is 0 Å². The van der Waals surface area contributed by atoms with Crippen molar-refractivity contribution in [3.8, 4) is 17.2 Å². The highest BCUT2D eigenvalue weighted by molar-refractivity contribution is 7.92. The minimum absolute atomic E-state index is 0.157. The number of benzene rings is 2. The van der Waals surface area contributed by atoms with E-state index < -0.39 is 15.1 Å². The van der Waals surface area contributed by atoms with Gasteiger partial charge < -0.3 is 19.1 Å². The van der Waals surface area contributed by atoms with Gasteiger partial charge in [0.05, 0.1) is 12.0 Å². The predicted octanol–water partition coefficient (Wildman–Crippen LogP) is 2.47. The summed E-state index contributed by atoms with van der Waals surface area (Å²) in [5, 5.41) is -0.611. The Morgan fingerprint density at radius 3 is 2.53 bits per heavy atom. The van der Waals surface area contributed by atoms with Gasteiger partial charge in [-0.1, -0.05) is 12.1 Å². The standard InChI is InChI=1S/C22H25NO6S/c1-22(2)11-15-5-4-6-19(21(15)29-22)28-14-20(24)23-12-18(13-23)30(25,26)17-9-7-16(27-3)8-10-17/h4-10,18H,11-14H2,1-3H3. The molecule has 2 heterocycles. The third kappa shape index (κ3) is 3.84. The fourth-order valence-corrected chi connectivity index (χ4v) is 5.38. The number of carbonyl (C=O) groups excluding carboxylic acids is 1. The van der Waals surface area contributed by atoms with E-state index in [4.69, 9.17) is 14.2 Å². The highest BCUT2D eigenvalue weighted by atomic mass is 32.2. The van der Waals surface area contributed by atoms with E-state index in [-0.39, 0.29) is 36.1 Å². The number of sulfone groups is 1. The first-order valence-corrected chi connectivity index (χ1v) is 11.3. The van der Waals surface area contributed by atoms with Crippen molar-refractivity contribution in [1.29, 1.82) is 0 Å². The van der Waals surface area contributed by atoms with E-state index in [1.807, 2.05) is 26.0 Å². The van der Waals surface area contributed by atoms with Gasteiger partial charge in [0.2, 0.25) is 0 Å². The number of likely N-dealkylation sites (tertiary alicyclic amines) is 1. The van der Waals surface area contributed by atoms with Crippen molar-refractivity contribution in [1.82, 2.24) is 4.90 Å². The van der Waals surface area contributed by atoms with Crippen LogP contribution in [0.4, 0.5) is 0 Å². The Balaban J connectivity index is 1.34. The van der Waals surface area contributed by atoms with Crippen molar-refractivity contribution >= 4 is 15.7 Å². The number of fused-ring (bicyclic) bond motifs is 1. The normalized spacial score (nSPS) is 17.6. The van der Waals surface area contributed by atoms with Crippen LogP contribution in [0.3, 0.4) is 0 Å². The molecule has 0 spiro atoms. The molecule has 0 aliphatic carbocycles. The molecule has 0 unspecified atom stereocenters. The van der Waals surface area contributed by atoms with Gasteiger partial charge in [-0.3, -0.25) is 4.79 Å². The van der Waals surface area contributed by atoms with Gasteiger partial charge in [-0.25, -0.2) is 8.42 Å². The number of para-hydroxylation sites is 1. The lowest BCUT2D eigenvalue weighted by Gasteiger charge is -2.38. The summed E-state index contributed by atoms with van der Waals surface area (Å²) in [6, 6.07) is 11.9. The Morgan fingerprint density at radius 2 is 1.87 bits per heavy atom. The second-order valence-electron chi connectivity index (χ2n) is 8.21. The molecule has 0 atom stereocenters. The minimum Gasteiger partial charge on any atom is -0.497 e. The maximum atomic E-state index is 12.7. The molecular weight excluding hydrogens is 406 g/mol. The van der Waals surface area contributed by atoms with Gasteiger partial charge in [-0.2, -0.15) is 0 Å². The first-order chi connectivity index (χ1) is 14.2. The van der Waals surface area contributed by atoms with Gasteiger partial charge in [-0.15, -0.1) is 0 Å². The fourth-order valence-electron chi connectivity index (χ4n) is 3.73. The molecule has 0 bridgehead atoms. The molecule has 30 heavy (non-hydrogen) atoms. The lowest BCUT2D eigenvalue weighted by atomic mass is 10.0. The van der Waals surface area contributed by atoms with E-state index in [1.54, 1.807) is 18.2 Å². The van der Waals surface area contributed by atoms with Gasteiger partial charge in [0, 0.05) is 25.1 Å². The number of hydrogen-bond donors (Lipinski definition) is 0. The number of ether oxygens (including phenoxy) is 3. The highest BCUT2D eigenvalue weighted by Crippen LogP contribution is 2.41. The van der Waals surface area contributed by atoms with E-state index in [0.29, 0.717) is 17.2 Å². The maximum absolute atomic E-state index is 12.7. The van der Waals surface area contributed by atoms with Gasteiger partial charge in [-0.05, 0) is 44.2 Å². The quantitative estimate of drug-likeness (QED) is 0.699. The first-order valence-electron chi connectivity index (χ1n) is 9.79. The van der Waals surface area contributed by atoms with Crippen molar-refractivity contribution in [2.24, 2.45) is 0 Å². The van der Waals surface area contributed by atoms with Gasteiger partial charge in [0.15, 0.2) is 27.9 Å². The molecule has 2 aliphatic heterocycles. The van der Waals surface area contributed by atoms with Crippen molar-refractivity contribution in [3.05, 3.63) is 48.0 Å². The minimum atomic E-state index is -3.49. The van der Waals surface area contributed by atoms with Crippen LogP contribution in [0.5, 0.6) is 17.2 Å². The van der Waals surface area contributed by atoms with Gasteiger partial charge in [0.25, 0.3) is 5.91 Å². The van der Waals surface area contributed by atoms with E-state index in [0.717, 1.165) is 12.0 Å². The molecule has 0 N–H and O–H groups in total. The van der Waals surface area contributed by atoms with Crippen molar-refractivity contribution in [2.45, 2.75) is 36.0 Å². The summed E-state index contributed by atoms with van der Waals surface area (Å²) in [6.07, 6.45) is 0.782. The molecule has 0 aromatic heterocycles. The topological polar surface area (TPSA) is 82.1 Å². The summed E-state index contributed by atoms with van der Waals surface area (Å²) in [5.41, 5.74) is 0.756. The van der Waals surface area contributed by atoms with Crippen LogP contribution in [0.2, 0.25) is 0 Å². The second-order valence-corrected chi connectivity index (χ2v) is 10.4. The van der Waals surface area contributed by atoms with Crippen LogP contribution in [-0.2, 0) is 21.1 Å². The third-order valence-electron chi connectivity index (χ3n) is 5.43. The van der Waals surface area contributed by atoms with Gasteiger partial charge in [0.1, 0.15) is 16.6 Å². The summed E-state index contributed by atoms with van der Waals surface area (Å²) in [5.74, 6) is 1.57. The van der Waals surface area contributed by atoms with Crippen molar-refractivity contribution in [2.75, 3.05) is 26.8 Å². The second kappa shape index (κ2) is 7.50. The predicted molar refractivity (Wildman–Crippen MR) is 111 cm³/mol. The van der Waals surface area contributed by atoms with Crippen LogP contribution in [0.1, 0.15) is 19.4 Å². The molecule has 7 nitrogen and oxygen atoms in total. The Bertz CT molecular complexity index is 1060. The molecule has 2 aliphatic rings. The SMILES string of the molecule is COc1ccc(S(=O)(=O)C2CN(C(=O)COc3cccc4c3OC(C)(C)C4)C2)cc1. The molecule has 2 aromatic rings. The fraction of sp³-hybridized carbons (Fsp3) is 0.409. The maximum Gasteiger partial charge on any atom is 0.260 e. The van der Waals surface area contributed by atoms with Crippen molar-refractivity contribution in [3.63, 3.8) is 0 Å². The number of rotatable bonds is 6. The van der Waals surface area contributed by atoms with E-state index in [1.165, 1.54) is 24.1 Å². The number of amides is 1. The molecule has 1 saturated heterocycles. The zero-order valence-corrected chi connectivity index (χ0v) is 18.1. The molecule has 1 amide bonds. The lowest BCUT2D eigenvalue weighted by molar-refractivity contribution is -0.136. The van der Waals surface area contributed by atoms with E-state index >= 15 is 0 Å². The molecule has 8 heteroatoms. The molecule has 0 saturated carbocycles. The molecule has 2 aromatic carbocycles. The third-order valence-corrected chi connectivity index (χ3v) is 7.54. The van der Waals surface area contributed by atoms with E-state index in [9.17, 15) is 13.2 Å². The van der Waals surface area contributed by atoms with Crippen LogP contribution < -0.4 is 14.2 Å². The first kappa shape index (κ1) is 20.5. The number of hydrogen-bond acceptors (Lipinski definition) is 6. The monoisotopic (exact) mass is 431 g/mol. The Morgan fingerprint density at radius 1 is 1.17 bits per heavy atom. The molecular formula is C22H25NO6S. The zero-order chi connectivity index (χ0) is 21.5. The summed E-state index contributed by atoms with van der Waals surface area (Å²) in [4.78, 5) is 14.2. The number of methoxy groups -OCH3 is 1. The molecule has 1 fully saturated rings. The Labute approximate surface area is 176 Å². The average Bonchev–Trinajstić information content (AvgIpc) is 2.99. The molecule has 160 valence electrons. The Hall–Kier alpha value is -2.74. The summed E-state index contributed by atoms with van der Waals surface area (Å²) < 4.78 is 42.2. The van der Waals surface area contributed by atoms with Crippen molar-refractivity contribution < 1.29 is 27.4 Å². The highest BCUT2D eigenvalue weighted by Gasteiger charge is 2.40. The molecule has 0 radical (unpaired) electrons. The smallest absolute Gasteiger partial charge is 0.260 e. The zero-order valence-electron chi connectivity index (χ0n) is 17.3. The van der Waals surface area contributed by atoms with Crippen LogP contribution >= 0.6 is 0 Å². The lowest BCUT2D eigenvalue weighted by Crippen LogP contribution is -2.57. The summed E-state index contributed by atoms with van der Waals surface area (Å²) in [6.45, 7) is 4.17. The summed E-state index contributed by atoms with van der Waals surface area (Å²) >= 11 is 0. The van der Waals surface area contributed by atoms with E-state index in [2.05, 4.69) is 0 Å². The van der Waals surface area contributed by atoms with Crippen LogP contribution in [-0.4, -0.2) is 56.9 Å². The van der Waals surface area contributed by atoms with Crippen LogP contribution in [0.15, 0.2) is 47.4 Å². The van der Waals surface area contributed by atoms with Crippen LogP contribution in [0, 0.1) is 0 Å².